The third kappa shape index (κ3) is 4.97. The van der Waals surface area contributed by atoms with Gasteiger partial charge in [0, 0.05) is 31.7 Å². The molecule has 7 nitrogen and oxygen atoms in total. The zero-order chi connectivity index (χ0) is 25.1. The zero-order valence-corrected chi connectivity index (χ0v) is 19.0. The van der Waals surface area contributed by atoms with Crippen molar-refractivity contribution >= 4 is 17.0 Å². The monoisotopic (exact) mass is 485 g/mol. The smallest absolute Gasteiger partial charge is 0.338 e. The van der Waals surface area contributed by atoms with E-state index in [1.165, 1.54) is 31.4 Å². The lowest BCUT2D eigenvalue weighted by atomic mass is 10.0. The van der Waals surface area contributed by atoms with E-state index in [2.05, 4.69) is 9.97 Å². The molecular formula is C25H22F3N3O4. The molecule has 4 aromatic rings. The number of esters is 1. The molecule has 2 aromatic heterocycles. The van der Waals surface area contributed by atoms with Crippen LogP contribution in [0.25, 0.3) is 22.3 Å². The molecule has 0 saturated carbocycles. The molecule has 0 aliphatic heterocycles. The lowest BCUT2D eigenvalue weighted by Crippen LogP contribution is -2.10. The van der Waals surface area contributed by atoms with Crippen LogP contribution >= 0.6 is 0 Å². The molecule has 0 aliphatic carbocycles. The van der Waals surface area contributed by atoms with Crippen LogP contribution in [0.5, 0.6) is 5.88 Å². The van der Waals surface area contributed by atoms with Crippen molar-refractivity contribution in [1.82, 2.24) is 14.5 Å². The number of rotatable bonds is 8. The van der Waals surface area contributed by atoms with Gasteiger partial charge in [-0.15, -0.1) is 0 Å². The maximum absolute atomic E-state index is 15.0. The number of nitrogens with zero attached hydrogens (tertiary/aromatic N) is 3. The molecule has 0 radical (unpaired) electrons. The Bertz CT molecular complexity index is 1400. The highest BCUT2D eigenvalue weighted by molar-refractivity contribution is 5.94. The van der Waals surface area contributed by atoms with Crippen molar-refractivity contribution in [3.05, 3.63) is 76.9 Å². The summed E-state index contributed by atoms with van der Waals surface area (Å²) in [4.78, 5) is 20.3. The van der Waals surface area contributed by atoms with Crippen molar-refractivity contribution in [2.24, 2.45) is 0 Å². The van der Waals surface area contributed by atoms with Crippen molar-refractivity contribution in [2.45, 2.75) is 19.9 Å². The molecule has 0 amide bonds. The fraction of sp³-hybridized carbons (Fsp3) is 0.240. The van der Waals surface area contributed by atoms with Gasteiger partial charge in [-0.05, 0) is 42.8 Å². The average molecular weight is 485 g/mol. The summed E-state index contributed by atoms with van der Waals surface area (Å²) in [5.41, 5.74) is 0.273. The summed E-state index contributed by atoms with van der Waals surface area (Å²) in [5.74, 6) is -2.93. The van der Waals surface area contributed by atoms with Gasteiger partial charge in [-0.2, -0.15) is 0 Å². The molecule has 0 bridgehead atoms. The predicted molar refractivity (Wildman–Crippen MR) is 122 cm³/mol. The highest BCUT2D eigenvalue weighted by Crippen LogP contribution is 2.28. The number of hydrogen-bond acceptors (Lipinski definition) is 6. The van der Waals surface area contributed by atoms with E-state index in [0.717, 1.165) is 18.2 Å². The number of carbonyl (C=O) groups is 1. The first-order chi connectivity index (χ1) is 16.8. The van der Waals surface area contributed by atoms with Crippen LogP contribution in [-0.4, -0.2) is 45.9 Å². The number of benzene rings is 2. The van der Waals surface area contributed by atoms with Crippen LogP contribution < -0.4 is 0 Å². The minimum Gasteiger partial charge on any atom is -0.493 e. The van der Waals surface area contributed by atoms with Gasteiger partial charge in [-0.1, -0.05) is 6.07 Å². The highest BCUT2D eigenvalue weighted by atomic mass is 19.1. The normalized spacial score (nSPS) is 11.2. The van der Waals surface area contributed by atoms with Crippen molar-refractivity contribution in [3.63, 3.8) is 0 Å². The molecule has 4 rings (SSSR count). The number of halogens is 3. The molecule has 0 saturated heterocycles. The maximum atomic E-state index is 15.0. The molecule has 0 atom stereocenters. The first-order valence-corrected chi connectivity index (χ1v) is 10.8. The third-order valence-electron chi connectivity index (χ3n) is 5.41. The summed E-state index contributed by atoms with van der Waals surface area (Å²) in [5, 5.41) is 9.55. The first kappa shape index (κ1) is 24.2. The van der Waals surface area contributed by atoms with Crippen LogP contribution in [0.1, 0.15) is 28.7 Å². The van der Waals surface area contributed by atoms with Crippen LogP contribution in [0.2, 0.25) is 0 Å². The summed E-state index contributed by atoms with van der Waals surface area (Å²) >= 11 is 0. The molecule has 182 valence electrons. The zero-order valence-electron chi connectivity index (χ0n) is 19.0. The predicted octanol–water partition coefficient (Wildman–Crippen LogP) is 4.64. The quantitative estimate of drug-likeness (QED) is 0.366. The maximum Gasteiger partial charge on any atom is 0.338 e. The second-order valence-corrected chi connectivity index (χ2v) is 7.70. The number of pyridine rings is 1. The Morgan fingerprint density at radius 2 is 1.86 bits per heavy atom. The van der Waals surface area contributed by atoms with Gasteiger partial charge in [0.2, 0.25) is 5.88 Å². The topological polar surface area (TPSA) is 86.5 Å². The Kier molecular flexibility index (Phi) is 7.02. The lowest BCUT2D eigenvalue weighted by Gasteiger charge is -2.11. The van der Waals surface area contributed by atoms with Crippen LogP contribution in [0, 0.1) is 17.5 Å². The molecule has 10 heteroatoms. The van der Waals surface area contributed by atoms with Crippen LogP contribution in [0.15, 0.2) is 42.5 Å². The van der Waals surface area contributed by atoms with E-state index >= 15 is 4.39 Å². The molecule has 1 N–H and O–H groups in total. The van der Waals surface area contributed by atoms with Gasteiger partial charge in [0.25, 0.3) is 0 Å². The standard InChI is InChI=1S/C25H22F3N3O4/c1-3-35-25(33)15-10-19(28)24-21(11-15)31(7-8-34-2)22(30-24)12-14-9-18(27)16(13-17(14)26)20-5-4-6-23(32)29-20/h4-6,9-11,13H,3,7-8,12H2,1-2H3,(H,29,32). The number of ether oxygens (including phenoxy) is 2. The minimum atomic E-state index is -0.741. The van der Waals surface area contributed by atoms with Crippen LogP contribution in [0.4, 0.5) is 13.2 Å². The Hall–Kier alpha value is -3.92. The van der Waals surface area contributed by atoms with E-state index in [1.54, 1.807) is 11.5 Å². The van der Waals surface area contributed by atoms with Crippen LogP contribution in [-0.2, 0) is 22.4 Å². The number of methoxy groups -OCH3 is 1. The molecule has 0 unspecified atom stereocenters. The van der Waals surface area contributed by atoms with Crippen molar-refractivity contribution in [3.8, 4) is 17.1 Å². The SMILES string of the molecule is CCOC(=O)c1cc(F)c2nc(Cc3cc(F)c(-c4cccc(O)n4)cc3F)n(CCOC)c2c1. The second kappa shape index (κ2) is 10.1. The van der Waals surface area contributed by atoms with E-state index in [9.17, 15) is 18.7 Å². The summed E-state index contributed by atoms with van der Waals surface area (Å²) in [7, 11) is 1.49. The molecule has 2 heterocycles. The summed E-state index contributed by atoms with van der Waals surface area (Å²) < 4.78 is 56.5. The third-order valence-corrected chi connectivity index (χ3v) is 5.41. The highest BCUT2D eigenvalue weighted by Gasteiger charge is 2.21. The molecule has 0 spiro atoms. The van der Waals surface area contributed by atoms with Crippen molar-refractivity contribution in [2.75, 3.05) is 20.3 Å². The average Bonchev–Trinajstić information content (AvgIpc) is 3.17. The fourth-order valence-corrected chi connectivity index (χ4v) is 3.79. The largest absolute Gasteiger partial charge is 0.493 e. The first-order valence-electron chi connectivity index (χ1n) is 10.8. The van der Waals surface area contributed by atoms with Crippen molar-refractivity contribution < 1.29 is 32.5 Å². The van der Waals surface area contributed by atoms with Gasteiger partial charge in [-0.25, -0.2) is 27.9 Å². The molecule has 35 heavy (non-hydrogen) atoms. The molecule has 0 fully saturated rings. The Balaban J connectivity index is 1.77. The Morgan fingerprint density at radius 3 is 2.57 bits per heavy atom. The molecule has 2 aromatic carbocycles. The van der Waals surface area contributed by atoms with Gasteiger partial charge < -0.3 is 19.1 Å². The van der Waals surface area contributed by atoms with E-state index < -0.39 is 23.4 Å². The van der Waals surface area contributed by atoms with E-state index in [-0.39, 0.29) is 65.8 Å². The summed E-state index contributed by atoms with van der Waals surface area (Å²) in [6.07, 6.45) is -0.150. The fourth-order valence-electron chi connectivity index (χ4n) is 3.79. The molecule has 0 aliphatic rings. The van der Waals surface area contributed by atoms with Crippen LogP contribution in [0.3, 0.4) is 0 Å². The van der Waals surface area contributed by atoms with Gasteiger partial charge in [0.15, 0.2) is 5.82 Å². The second-order valence-electron chi connectivity index (χ2n) is 7.70. The van der Waals surface area contributed by atoms with Gasteiger partial charge in [-0.3, -0.25) is 0 Å². The summed E-state index contributed by atoms with van der Waals surface area (Å²) in [6, 6.07) is 8.75. The van der Waals surface area contributed by atoms with E-state index in [1.807, 2.05) is 0 Å². The number of hydrogen-bond donors (Lipinski definition) is 1. The summed E-state index contributed by atoms with van der Waals surface area (Å²) in [6.45, 7) is 2.25. The Labute approximate surface area is 198 Å². The van der Waals surface area contributed by atoms with E-state index in [0.29, 0.717) is 5.52 Å². The number of aromatic nitrogens is 3. The number of imidazole rings is 1. The van der Waals surface area contributed by atoms with Gasteiger partial charge in [0.1, 0.15) is 23.0 Å². The number of aromatic hydroxyl groups is 1. The van der Waals surface area contributed by atoms with Gasteiger partial charge >= 0.3 is 5.97 Å². The van der Waals surface area contributed by atoms with E-state index in [4.69, 9.17) is 9.47 Å². The molecular weight excluding hydrogens is 463 g/mol. The Morgan fingerprint density at radius 1 is 1.06 bits per heavy atom. The minimum absolute atomic E-state index is 0.00796. The van der Waals surface area contributed by atoms with Gasteiger partial charge in [0.05, 0.1) is 30.0 Å². The number of fused-ring (bicyclic) bond motifs is 1. The number of carbonyl (C=O) groups excluding carboxylic acids is 1. The lowest BCUT2D eigenvalue weighted by molar-refractivity contribution is 0.0526. The van der Waals surface area contributed by atoms with Crippen molar-refractivity contribution in [1.29, 1.82) is 0 Å².